The molecule has 1 heterocycles. The SMILES string of the molecule is COC(OC)C(C)(CN)N1CCc2ccccc21. The Kier molecular flexibility index (Phi) is 3.90. The summed E-state index contributed by atoms with van der Waals surface area (Å²) in [5, 5.41) is 0. The van der Waals surface area contributed by atoms with Crippen LogP contribution in [0, 0.1) is 0 Å². The average Bonchev–Trinajstić information content (AvgIpc) is 2.84. The third-order valence-electron chi connectivity index (χ3n) is 3.85. The van der Waals surface area contributed by atoms with E-state index in [0.717, 1.165) is 13.0 Å². The van der Waals surface area contributed by atoms with E-state index in [9.17, 15) is 0 Å². The van der Waals surface area contributed by atoms with Gasteiger partial charge in [-0.25, -0.2) is 0 Å². The fraction of sp³-hybridized carbons (Fsp3) is 0.571. The van der Waals surface area contributed by atoms with Gasteiger partial charge in [-0.1, -0.05) is 18.2 Å². The Labute approximate surface area is 109 Å². The number of fused-ring (bicyclic) bond motifs is 1. The van der Waals surface area contributed by atoms with Crippen molar-refractivity contribution in [3.8, 4) is 0 Å². The first-order valence-electron chi connectivity index (χ1n) is 6.28. The second-order valence-corrected chi connectivity index (χ2v) is 4.89. The Morgan fingerprint density at radius 3 is 2.61 bits per heavy atom. The molecule has 0 saturated carbocycles. The zero-order valence-corrected chi connectivity index (χ0v) is 11.3. The Hall–Kier alpha value is -1.10. The molecule has 1 aliphatic heterocycles. The highest BCUT2D eigenvalue weighted by molar-refractivity contribution is 5.60. The van der Waals surface area contributed by atoms with Gasteiger partial charge in [0.15, 0.2) is 6.29 Å². The normalized spacial score (nSPS) is 17.9. The summed E-state index contributed by atoms with van der Waals surface area (Å²) in [6.07, 6.45) is 0.708. The lowest BCUT2D eigenvalue weighted by molar-refractivity contribution is -0.141. The van der Waals surface area contributed by atoms with Crippen molar-refractivity contribution >= 4 is 5.69 Å². The lowest BCUT2D eigenvalue weighted by Gasteiger charge is -2.43. The van der Waals surface area contributed by atoms with Crippen molar-refractivity contribution in [3.05, 3.63) is 29.8 Å². The van der Waals surface area contributed by atoms with Crippen LogP contribution in [0.4, 0.5) is 5.69 Å². The van der Waals surface area contributed by atoms with Crippen molar-refractivity contribution in [1.29, 1.82) is 0 Å². The van der Waals surface area contributed by atoms with Gasteiger partial charge in [-0.05, 0) is 25.0 Å². The van der Waals surface area contributed by atoms with Gasteiger partial charge in [0.05, 0.1) is 0 Å². The maximum absolute atomic E-state index is 5.99. The van der Waals surface area contributed by atoms with Gasteiger partial charge >= 0.3 is 0 Å². The van der Waals surface area contributed by atoms with E-state index in [1.54, 1.807) is 14.2 Å². The molecule has 2 N–H and O–H groups in total. The first-order chi connectivity index (χ1) is 8.67. The number of methoxy groups -OCH3 is 2. The zero-order chi connectivity index (χ0) is 13.2. The third-order valence-corrected chi connectivity index (χ3v) is 3.85. The van der Waals surface area contributed by atoms with E-state index in [-0.39, 0.29) is 11.8 Å². The molecule has 4 nitrogen and oxygen atoms in total. The van der Waals surface area contributed by atoms with Crippen molar-refractivity contribution < 1.29 is 9.47 Å². The lowest BCUT2D eigenvalue weighted by atomic mass is 9.98. The Bertz CT molecular complexity index is 407. The van der Waals surface area contributed by atoms with Crippen LogP contribution in [-0.2, 0) is 15.9 Å². The number of rotatable bonds is 5. The molecule has 1 atom stereocenters. The molecule has 0 aliphatic carbocycles. The minimum atomic E-state index is -0.351. The van der Waals surface area contributed by atoms with E-state index in [1.807, 2.05) is 0 Å². The molecule has 0 amide bonds. The number of nitrogens with two attached hydrogens (primary N) is 1. The molecule has 1 aromatic carbocycles. The number of hydrogen-bond acceptors (Lipinski definition) is 4. The zero-order valence-electron chi connectivity index (χ0n) is 11.3. The fourth-order valence-corrected chi connectivity index (χ4v) is 2.81. The van der Waals surface area contributed by atoms with Crippen LogP contribution in [0.25, 0.3) is 0 Å². The minimum Gasteiger partial charge on any atom is -0.359 e. The second kappa shape index (κ2) is 5.26. The number of nitrogens with zero attached hydrogens (tertiary/aromatic N) is 1. The summed E-state index contributed by atoms with van der Waals surface area (Å²) in [6.45, 7) is 3.52. The molecule has 0 aromatic heterocycles. The van der Waals surface area contributed by atoms with Crippen molar-refractivity contribution in [1.82, 2.24) is 0 Å². The van der Waals surface area contributed by atoms with Gasteiger partial charge in [-0.3, -0.25) is 0 Å². The first-order valence-corrected chi connectivity index (χ1v) is 6.28. The van der Waals surface area contributed by atoms with Crippen LogP contribution in [0.3, 0.4) is 0 Å². The van der Waals surface area contributed by atoms with Crippen LogP contribution in [0.1, 0.15) is 12.5 Å². The molecular formula is C14H22N2O2. The van der Waals surface area contributed by atoms with Crippen LogP contribution in [0.2, 0.25) is 0 Å². The van der Waals surface area contributed by atoms with E-state index in [0.29, 0.717) is 6.54 Å². The van der Waals surface area contributed by atoms with Crippen LogP contribution in [0.5, 0.6) is 0 Å². The fourth-order valence-electron chi connectivity index (χ4n) is 2.81. The van der Waals surface area contributed by atoms with E-state index in [2.05, 4.69) is 36.1 Å². The summed E-state index contributed by atoms with van der Waals surface area (Å²) in [5.41, 5.74) is 8.25. The standard InChI is InChI=1S/C14H22N2O2/c1-14(10-15,13(17-2)18-3)16-9-8-11-6-4-5-7-12(11)16/h4-7,13H,8-10,15H2,1-3H3. The summed E-state index contributed by atoms with van der Waals surface area (Å²) >= 11 is 0. The van der Waals surface area contributed by atoms with Crippen LogP contribution >= 0.6 is 0 Å². The summed E-state index contributed by atoms with van der Waals surface area (Å²) in [5.74, 6) is 0. The predicted octanol–water partition coefficient (Wildman–Crippen LogP) is 1.39. The van der Waals surface area contributed by atoms with Crippen LogP contribution in [0.15, 0.2) is 24.3 Å². The predicted molar refractivity (Wildman–Crippen MR) is 72.8 cm³/mol. The van der Waals surface area contributed by atoms with Crippen LogP contribution in [-0.4, -0.2) is 39.1 Å². The molecule has 0 bridgehead atoms. The summed E-state index contributed by atoms with van der Waals surface area (Å²) in [4.78, 5) is 2.31. The van der Waals surface area contributed by atoms with E-state index in [4.69, 9.17) is 15.2 Å². The summed E-state index contributed by atoms with van der Waals surface area (Å²) in [7, 11) is 3.31. The Morgan fingerprint density at radius 2 is 2.00 bits per heavy atom. The lowest BCUT2D eigenvalue weighted by Crippen LogP contribution is -2.60. The van der Waals surface area contributed by atoms with E-state index >= 15 is 0 Å². The summed E-state index contributed by atoms with van der Waals surface area (Å²) < 4.78 is 10.9. The van der Waals surface area contributed by atoms with E-state index < -0.39 is 0 Å². The highest BCUT2D eigenvalue weighted by Gasteiger charge is 2.42. The van der Waals surface area contributed by atoms with Crippen molar-refractivity contribution in [2.24, 2.45) is 5.73 Å². The van der Waals surface area contributed by atoms with Gasteiger partial charge in [0.25, 0.3) is 0 Å². The van der Waals surface area contributed by atoms with Crippen molar-refractivity contribution in [3.63, 3.8) is 0 Å². The highest BCUT2D eigenvalue weighted by Crippen LogP contribution is 2.35. The molecule has 0 fully saturated rings. The molecule has 100 valence electrons. The maximum Gasteiger partial charge on any atom is 0.180 e. The summed E-state index contributed by atoms with van der Waals surface area (Å²) in [6, 6.07) is 8.44. The molecule has 0 radical (unpaired) electrons. The first kappa shape index (κ1) is 13.3. The number of para-hydroxylation sites is 1. The maximum atomic E-state index is 5.99. The van der Waals surface area contributed by atoms with Crippen molar-refractivity contribution in [2.75, 3.05) is 32.2 Å². The molecule has 0 saturated heterocycles. The minimum absolute atomic E-state index is 0.339. The van der Waals surface area contributed by atoms with Crippen LogP contribution < -0.4 is 10.6 Å². The van der Waals surface area contributed by atoms with Gasteiger partial charge in [-0.15, -0.1) is 0 Å². The topological polar surface area (TPSA) is 47.7 Å². The van der Waals surface area contributed by atoms with Crippen molar-refractivity contribution in [2.45, 2.75) is 25.2 Å². The molecule has 18 heavy (non-hydrogen) atoms. The third kappa shape index (κ3) is 2.00. The van der Waals surface area contributed by atoms with Gasteiger partial charge < -0.3 is 20.1 Å². The monoisotopic (exact) mass is 250 g/mol. The average molecular weight is 250 g/mol. The molecule has 1 unspecified atom stereocenters. The molecular weight excluding hydrogens is 228 g/mol. The smallest absolute Gasteiger partial charge is 0.180 e. The quantitative estimate of drug-likeness (QED) is 0.802. The Balaban J connectivity index is 2.35. The number of ether oxygens (including phenoxy) is 2. The molecule has 2 rings (SSSR count). The Morgan fingerprint density at radius 1 is 1.33 bits per heavy atom. The highest BCUT2D eigenvalue weighted by atomic mass is 16.7. The number of anilines is 1. The molecule has 1 aromatic rings. The second-order valence-electron chi connectivity index (χ2n) is 4.89. The number of benzene rings is 1. The molecule has 0 spiro atoms. The van der Waals surface area contributed by atoms with Gasteiger partial charge in [-0.2, -0.15) is 0 Å². The van der Waals surface area contributed by atoms with Gasteiger partial charge in [0, 0.05) is 33.0 Å². The molecule has 4 heteroatoms. The molecule has 1 aliphatic rings. The number of hydrogen-bond donors (Lipinski definition) is 1. The van der Waals surface area contributed by atoms with E-state index in [1.165, 1.54) is 11.3 Å². The van der Waals surface area contributed by atoms with Gasteiger partial charge in [0.1, 0.15) is 5.54 Å². The van der Waals surface area contributed by atoms with Gasteiger partial charge in [0.2, 0.25) is 0 Å². The largest absolute Gasteiger partial charge is 0.359 e.